The molecular formula is C21H28N4. The monoisotopic (exact) mass is 336 g/mol. The van der Waals surface area contributed by atoms with E-state index in [1.807, 2.05) is 6.07 Å². The second-order valence-electron chi connectivity index (χ2n) is 7.51. The van der Waals surface area contributed by atoms with Gasteiger partial charge in [-0.1, -0.05) is 45.0 Å². The predicted molar refractivity (Wildman–Crippen MR) is 108 cm³/mol. The molecule has 0 aliphatic rings. The Morgan fingerprint density at radius 1 is 1.04 bits per heavy atom. The number of anilines is 2. The molecule has 132 valence electrons. The highest BCUT2D eigenvalue weighted by Gasteiger charge is 2.15. The lowest BCUT2D eigenvalue weighted by Crippen LogP contribution is -2.22. The maximum Gasteiger partial charge on any atom is 0.138 e. The molecule has 3 N–H and O–H groups in total. The van der Waals surface area contributed by atoms with Crippen molar-refractivity contribution in [3.63, 3.8) is 0 Å². The van der Waals surface area contributed by atoms with E-state index in [1.54, 1.807) is 0 Å². The van der Waals surface area contributed by atoms with Crippen molar-refractivity contribution in [2.75, 3.05) is 23.7 Å². The summed E-state index contributed by atoms with van der Waals surface area (Å²) in [5, 5.41) is 0. The minimum absolute atomic E-state index is 0.152. The van der Waals surface area contributed by atoms with Gasteiger partial charge in [-0.25, -0.2) is 4.98 Å². The third kappa shape index (κ3) is 3.34. The standard InChI is InChI=1S/C21H28N4/c1-6-25(7-2)19-13-18-17(12-16(19)22)23-20(24-18)14-8-10-15(11-9-14)21(3,4)5/h8-13H,6-7,22H2,1-5H3,(H,23,24). The predicted octanol–water partition coefficient (Wildman–Crippen LogP) is 4.96. The second-order valence-corrected chi connectivity index (χ2v) is 7.51. The summed E-state index contributed by atoms with van der Waals surface area (Å²) < 4.78 is 0. The summed E-state index contributed by atoms with van der Waals surface area (Å²) in [4.78, 5) is 10.4. The van der Waals surface area contributed by atoms with Crippen LogP contribution in [0.1, 0.15) is 40.2 Å². The average Bonchev–Trinajstić information content (AvgIpc) is 2.98. The molecule has 0 unspecified atom stereocenters. The van der Waals surface area contributed by atoms with Gasteiger partial charge in [0.2, 0.25) is 0 Å². The third-order valence-corrected chi connectivity index (χ3v) is 4.76. The van der Waals surface area contributed by atoms with Crippen LogP contribution in [-0.4, -0.2) is 23.1 Å². The van der Waals surface area contributed by atoms with Crippen LogP contribution in [0.25, 0.3) is 22.4 Å². The van der Waals surface area contributed by atoms with Crippen LogP contribution < -0.4 is 10.6 Å². The molecule has 4 heteroatoms. The number of nitrogen functional groups attached to an aromatic ring is 1. The first kappa shape index (κ1) is 17.3. The number of nitrogens with one attached hydrogen (secondary N) is 1. The molecule has 3 rings (SSSR count). The highest BCUT2D eigenvalue weighted by atomic mass is 15.1. The van der Waals surface area contributed by atoms with Crippen molar-refractivity contribution >= 4 is 22.4 Å². The summed E-state index contributed by atoms with van der Waals surface area (Å²) in [7, 11) is 0. The van der Waals surface area contributed by atoms with Crippen molar-refractivity contribution in [2.45, 2.75) is 40.0 Å². The summed E-state index contributed by atoms with van der Waals surface area (Å²) in [6.45, 7) is 12.8. The van der Waals surface area contributed by atoms with Gasteiger partial charge in [-0.3, -0.25) is 0 Å². The van der Waals surface area contributed by atoms with Crippen LogP contribution in [0.2, 0.25) is 0 Å². The molecule has 3 aromatic rings. The topological polar surface area (TPSA) is 57.9 Å². The lowest BCUT2D eigenvalue weighted by atomic mass is 9.87. The molecule has 0 radical (unpaired) electrons. The zero-order chi connectivity index (χ0) is 18.2. The molecule has 2 aromatic carbocycles. The minimum Gasteiger partial charge on any atom is -0.397 e. The highest BCUT2D eigenvalue weighted by Crippen LogP contribution is 2.31. The number of imidazole rings is 1. The summed E-state index contributed by atoms with van der Waals surface area (Å²) in [5.41, 5.74) is 12.6. The van der Waals surface area contributed by atoms with E-state index in [-0.39, 0.29) is 5.41 Å². The normalized spacial score (nSPS) is 11.9. The summed E-state index contributed by atoms with van der Waals surface area (Å²) in [6.07, 6.45) is 0. The van der Waals surface area contributed by atoms with Gasteiger partial charge >= 0.3 is 0 Å². The van der Waals surface area contributed by atoms with Crippen LogP contribution in [0.15, 0.2) is 36.4 Å². The molecular weight excluding hydrogens is 308 g/mol. The maximum atomic E-state index is 6.26. The number of H-pyrrole nitrogens is 1. The second kappa shape index (κ2) is 6.43. The summed E-state index contributed by atoms with van der Waals surface area (Å²) in [6, 6.07) is 12.7. The molecule has 0 atom stereocenters. The quantitative estimate of drug-likeness (QED) is 0.662. The van der Waals surface area contributed by atoms with Crippen molar-refractivity contribution in [1.29, 1.82) is 0 Å². The van der Waals surface area contributed by atoms with Gasteiger partial charge < -0.3 is 15.6 Å². The number of benzene rings is 2. The van der Waals surface area contributed by atoms with Gasteiger partial charge in [-0.2, -0.15) is 0 Å². The van der Waals surface area contributed by atoms with E-state index >= 15 is 0 Å². The average molecular weight is 336 g/mol. The molecule has 1 heterocycles. The molecule has 0 saturated heterocycles. The molecule has 0 bridgehead atoms. The largest absolute Gasteiger partial charge is 0.397 e. The first-order valence-corrected chi connectivity index (χ1v) is 8.98. The Morgan fingerprint density at radius 3 is 2.24 bits per heavy atom. The number of hydrogen-bond acceptors (Lipinski definition) is 3. The van der Waals surface area contributed by atoms with Crippen molar-refractivity contribution in [2.24, 2.45) is 0 Å². The van der Waals surface area contributed by atoms with E-state index in [0.29, 0.717) is 0 Å². The smallest absolute Gasteiger partial charge is 0.138 e. The number of aromatic nitrogens is 2. The van der Waals surface area contributed by atoms with Gasteiger partial charge in [0.05, 0.1) is 22.4 Å². The molecule has 0 amide bonds. The van der Waals surface area contributed by atoms with E-state index in [0.717, 1.165) is 46.9 Å². The van der Waals surface area contributed by atoms with Gasteiger partial charge in [-0.15, -0.1) is 0 Å². The van der Waals surface area contributed by atoms with Crippen molar-refractivity contribution in [1.82, 2.24) is 9.97 Å². The molecule has 4 nitrogen and oxygen atoms in total. The molecule has 0 saturated carbocycles. The molecule has 25 heavy (non-hydrogen) atoms. The minimum atomic E-state index is 0.152. The molecule has 1 aromatic heterocycles. The summed E-state index contributed by atoms with van der Waals surface area (Å²) >= 11 is 0. The zero-order valence-corrected chi connectivity index (χ0v) is 15.9. The number of aromatic amines is 1. The third-order valence-electron chi connectivity index (χ3n) is 4.76. The van der Waals surface area contributed by atoms with Gasteiger partial charge in [0.15, 0.2) is 0 Å². The number of nitrogens with two attached hydrogens (primary N) is 1. The Kier molecular flexibility index (Phi) is 4.46. The van der Waals surface area contributed by atoms with Crippen LogP contribution in [0.4, 0.5) is 11.4 Å². The van der Waals surface area contributed by atoms with Crippen molar-refractivity contribution < 1.29 is 0 Å². The Balaban J connectivity index is 2.01. The van der Waals surface area contributed by atoms with E-state index in [1.165, 1.54) is 5.56 Å². The van der Waals surface area contributed by atoms with Crippen molar-refractivity contribution in [3.8, 4) is 11.4 Å². The Morgan fingerprint density at radius 2 is 1.68 bits per heavy atom. The fraction of sp³-hybridized carbons (Fsp3) is 0.381. The van der Waals surface area contributed by atoms with Crippen LogP contribution in [0, 0.1) is 0 Å². The first-order chi connectivity index (χ1) is 11.8. The van der Waals surface area contributed by atoms with Crippen LogP contribution in [0.3, 0.4) is 0 Å². The number of fused-ring (bicyclic) bond motifs is 1. The van der Waals surface area contributed by atoms with E-state index in [2.05, 4.69) is 74.8 Å². The number of nitrogens with zero attached hydrogens (tertiary/aromatic N) is 2. The van der Waals surface area contributed by atoms with Crippen LogP contribution in [-0.2, 0) is 5.41 Å². The fourth-order valence-electron chi connectivity index (χ4n) is 3.16. The lowest BCUT2D eigenvalue weighted by molar-refractivity contribution is 0.590. The number of rotatable bonds is 4. The SMILES string of the molecule is CCN(CC)c1cc2[nH]c(-c3ccc(C(C)(C)C)cc3)nc2cc1N. The van der Waals surface area contributed by atoms with Crippen molar-refractivity contribution in [3.05, 3.63) is 42.0 Å². The molecule has 0 fully saturated rings. The molecule has 0 aliphatic heterocycles. The first-order valence-electron chi connectivity index (χ1n) is 8.98. The molecule has 0 spiro atoms. The lowest BCUT2D eigenvalue weighted by Gasteiger charge is -2.22. The van der Waals surface area contributed by atoms with Gasteiger partial charge in [0.25, 0.3) is 0 Å². The Hall–Kier alpha value is -2.49. The van der Waals surface area contributed by atoms with E-state index < -0.39 is 0 Å². The summed E-state index contributed by atoms with van der Waals surface area (Å²) in [5.74, 6) is 0.881. The van der Waals surface area contributed by atoms with Crippen LogP contribution in [0.5, 0.6) is 0 Å². The Bertz CT molecular complexity index is 865. The van der Waals surface area contributed by atoms with Gasteiger partial charge in [0.1, 0.15) is 5.82 Å². The highest BCUT2D eigenvalue weighted by molar-refractivity contribution is 5.89. The Labute approximate surface area is 150 Å². The number of hydrogen-bond donors (Lipinski definition) is 2. The zero-order valence-electron chi connectivity index (χ0n) is 15.9. The van der Waals surface area contributed by atoms with E-state index in [9.17, 15) is 0 Å². The van der Waals surface area contributed by atoms with Gasteiger partial charge in [0, 0.05) is 18.7 Å². The van der Waals surface area contributed by atoms with E-state index in [4.69, 9.17) is 10.7 Å². The fourth-order valence-corrected chi connectivity index (χ4v) is 3.16. The van der Waals surface area contributed by atoms with Gasteiger partial charge in [-0.05, 0) is 37.0 Å². The van der Waals surface area contributed by atoms with Crippen LogP contribution >= 0.6 is 0 Å². The maximum absolute atomic E-state index is 6.26. The molecule has 0 aliphatic carbocycles.